The van der Waals surface area contributed by atoms with Crippen LogP contribution in [0.2, 0.25) is 0 Å². The van der Waals surface area contributed by atoms with Crippen LogP contribution in [0.15, 0.2) is 40.1 Å². The molecule has 0 saturated carbocycles. The number of fused-ring (bicyclic) bond motifs is 1. The quantitative estimate of drug-likeness (QED) is 0.707. The molecule has 0 saturated heterocycles. The summed E-state index contributed by atoms with van der Waals surface area (Å²) in [7, 11) is -9.15. The van der Waals surface area contributed by atoms with Crippen molar-refractivity contribution in [3.8, 4) is 5.75 Å². The Labute approximate surface area is 108 Å². The van der Waals surface area contributed by atoms with Gasteiger partial charge < -0.3 is 5.11 Å². The first-order valence-corrected chi connectivity index (χ1v) is 7.70. The number of hydrogen-bond acceptors (Lipinski definition) is 5. The molecule has 0 amide bonds. The van der Waals surface area contributed by atoms with E-state index in [1.165, 1.54) is 12.1 Å². The third-order valence-electron chi connectivity index (χ3n) is 2.51. The normalized spacial score (nSPS) is 12.7. The Morgan fingerprint density at radius 1 is 0.737 bits per heavy atom. The fraction of sp³-hybridized carbons (Fsp3) is 0. The van der Waals surface area contributed by atoms with Gasteiger partial charge in [0.2, 0.25) is 0 Å². The van der Waals surface area contributed by atoms with Crippen molar-refractivity contribution in [3.63, 3.8) is 0 Å². The number of phenolic OH excluding ortho intramolecular Hbond substituents is 1. The molecule has 0 aromatic heterocycles. The zero-order valence-electron chi connectivity index (χ0n) is 9.18. The molecule has 3 N–H and O–H groups in total. The maximum atomic E-state index is 11.1. The summed E-state index contributed by atoms with van der Waals surface area (Å²) in [5.41, 5.74) is 0. The smallest absolute Gasteiger partial charge is 0.298 e. The van der Waals surface area contributed by atoms with E-state index in [2.05, 4.69) is 0 Å². The van der Waals surface area contributed by atoms with Crippen LogP contribution in [0.3, 0.4) is 0 Å². The summed E-state index contributed by atoms with van der Waals surface area (Å²) >= 11 is 0. The second kappa shape index (κ2) is 4.17. The van der Waals surface area contributed by atoms with Crippen molar-refractivity contribution in [1.82, 2.24) is 0 Å². The first kappa shape index (κ1) is 13.7. The van der Waals surface area contributed by atoms with Gasteiger partial charge in [0.1, 0.15) is 15.5 Å². The van der Waals surface area contributed by atoms with Crippen LogP contribution in [-0.4, -0.2) is 31.0 Å². The predicted octanol–water partition coefficient (Wildman–Crippen LogP) is 1.04. The Morgan fingerprint density at radius 2 is 1.32 bits per heavy atom. The SMILES string of the molecule is O=S(=O)(O)c1ccc2c(S(=O)(=O)O)cccc2c1O. The molecule has 0 aliphatic rings. The van der Waals surface area contributed by atoms with E-state index in [4.69, 9.17) is 9.11 Å². The minimum Gasteiger partial charge on any atom is -0.506 e. The summed E-state index contributed by atoms with van der Waals surface area (Å²) in [4.78, 5) is -1.21. The van der Waals surface area contributed by atoms with E-state index in [0.29, 0.717) is 0 Å². The van der Waals surface area contributed by atoms with Crippen LogP contribution in [-0.2, 0) is 20.2 Å². The van der Waals surface area contributed by atoms with Gasteiger partial charge in [0, 0.05) is 10.8 Å². The van der Waals surface area contributed by atoms with Crippen LogP contribution in [0.25, 0.3) is 10.8 Å². The van der Waals surface area contributed by atoms with Crippen LogP contribution in [0.1, 0.15) is 0 Å². The highest BCUT2D eigenvalue weighted by Gasteiger charge is 2.21. The minimum absolute atomic E-state index is 0.0603. The lowest BCUT2D eigenvalue weighted by molar-refractivity contribution is 0.448. The molecule has 0 atom stereocenters. The van der Waals surface area contributed by atoms with Gasteiger partial charge in [-0.05, 0) is 12.1 Å². The summed E-state index contributed by atoms with van der Waals surface area (Å²) in [6.45, 7) is 0. The van der Waals surface area contributed by atoms with Crippen LogP contribution < -0.4 is 0 Å². The standard InChI is InChI=1S/C10H8O7S2/c11-10-7-2-1-3-8(18(12,13)14)6(7)4-5-9(10)19(15,16)17/h1-5,11H,(H,12,13,14)(H,15,16,17). The summed E-state index contributed by atoms with van der Waals surface area (Å²) in [5.74, 6) is -0.787. The average molecular weight is 304 g/mol. The molecule has 0 aliphatic heterocycles. The summed E-state index contributed by atoms with van der Waals surface area (Å²) in [5, 5.41) is 9.58. The number of hydrogen-bond donors (Lipinski definition) is 3. The lowest BCUT2D eigenvalue weighted by atomic mass is 10.1. The van der Waals surface area contributed by atoms with Gasteiger partial charge in [-0.1, -0.05) is 18.2 Å². The molecule has 2 aromatic carbocycles. The molecular weight excluding hydrogens is 296 g/mol. The molecule has 0 unspecified atom stereocenters. The molecule has 2 rings (SSSR count). The van der Waals surface area contributed by atoms with Crippen molar-refractivity contribution in [2.45, 2.75) is 9.79 Å². The van der Waals surface area contributed by atoms with E-state index in [-0.39, 0.29) is 10.8 Å². The van der Waals surface area contributed by atoms with Crippen molar-refractivity contribution >= 4 is 31.0 Å². The van der Waals surface area contributed by atoms with E-state index in [1.807, 2.05) is 0 Å². The summed E-state index contributed by atoms with van der Waals surface area (Å²) in [6, 6.07) is 5.50. The zero-order valence-corrected chi connectivity index (χ0v) is 10.8. The average Bonchev–Trinajstić information content (AvgIpc) is 2.26. The minimum atomic E-state index is -4.64. The highest BCUT2D eigenvalue weighted by Crippen LogP contribution is 2.34. The second-order valence-corrected chi connectivity index (χ2v) is 6.49. The van der Waals surface area contributed by atoms with Gasteiger partial charge in [0.05, 0.1) is 0 Å². The Morgan fingerprint density at radius 3 is 1.84 bits per heavy atom. The maximum Gasteiger partial charge on any atom is 0.298 e. The molecule has 0 bridgehead atoms. The van der Waals surface area contributed by atoms with Gasteiger partial charge in [-0.15, -0.1) is 0 Å². The van der Waals surface area contributed by atoms with Crippen molar-refractivity contribution < 1.29 is 31.0 Å². The first-order chi connectivity index (χ1) is 8.62. The summed E-state index contributed by atoms with van der Waals surface area (Å²) in [6.07, 6.45) is 0. The van der Waals surface area contributed by atoms with E-state index in [0.717, 1.165) is 18.2 Å². The van der Waals surface area contributed by atoms with Gasteiger partial charge in [-0.2, -0.15) is 16.8 Å². The topological polar surface area (TPSA) is 129 Å². The second-order valence-electron chi connectivity index (χ2n) is 3.71. The fourth-order valence-electron chi connectivity index (χ4n) is 1.73. The van der Waals surface area contributed by atoms with Crippen molar-refractivity contribution in [2.24, 2.45) is 0 Å². The molecule has 7 nitrogen and oxygen atoms in total. The molecule has 0 heterocycles. The van der Waals surface area contributed by atoms with E-state index >= 15 is 0 Å². The zero-order chi connectivity index (χ0) is 14.4. The van der Waals surface area contributed by atoms with Crippen LogP contribution in [0.4, 0.5) is 0 Å². The van der Waals surface area contributed by atoms with Gasteiger partial charge in [-0.25, -0.2) is 0 Å². The lowest BCUT2D eigenvalue weighted by Crippen LogP contribution is -2.01. The monoisotopic (exact) mass is 304 g/mol. The van der Waals surface area contributed by atoms with Gasteiger partial charge >= 0.3 is 0 Å². The highest BCUT2D eigenvalue weighted by atomic mass is 32.2. The largest absolute Gasteiger partial charge is 0.506 e. The third kappa shape index (κ3) is 2.40. The molecular formula is C10H8O7S2. The molecule has 0 aliphatic carbocycles. The summed E-state index contributed by atoms with van der Waals surface area (Å²) < 4.78 is 62.2. The maximum absolute atomic E-state index is 11.1. The number of rotatable bonds is 2. The molecule has 19 heavy (non-hydrogen) atoms. The van der Waals surface area contributed by atoms with Crippen LogP contribution >= 0.6 is 0 Å². The van der Waals surface area contributed by atoms with Crippen LogP contribution in [0.5, 0.6) is 5.75 Å². The van der Waals surface area contributed by atoms with Gasteiger partial charge in [0.15, 0.2) is 0 Å². The number of benzene rings is 2. The van der Waals surface area contributed by atoms with Crippen LogP contribution in [0, 0.1) is 0 Å². The first-order valence-electron chi connectivity index (χ1n) is 4.82. The molecule has 0 fully saturated rings. The lowest BCUT2D eigenvalue weighted by Gasteiger charge is -2.08. The van der Waals surface area contributed by atoms with Crippen molar-refractivity contribution in [1.29, 1.82) is 0 Å². The Balaban J connectivity index is 2.96. The van der Waals surface area contributed by atoms with Gasteiger partial charge in [-0.3, -0.25) is 9.11 Å². The fourth-order valence-corrected chi connectivity index (χ4v) is 3.03. The predicted molar refractivity (Wildman–Crippen MR) is 65.2 cm³/mol. The molecule has 102 valence electrons. The Bertz CT molecular complexity index is 866. The van der Waals surface area contributed by atoms with E-state index in [1.54, 1.807) is 0 Å². The molecule has 2 aromatic rings. The highest BCUT2D eigenvalue weighted by molar-refractivity contribution is 7.86. The van der Waals surface area contributed by atoms with Crippen molar-refractivity contribution in [3.05, 3.63) is 30.3 Å². The van der Waals surface area contributed by atoms with Crippen molar-refractivity contribution in [2.75, 3.05) is 0 Å². The van der Waals surface area contributed by atoms with E-state index < -0.39 is 35.8 Å². The Kier molecular flexibility index (Phi) is 3.01. The molecule has 9 heteroatoms. The molecule has 0 spiro atoms. The third-order valence-corrected chi connectivity index (χ3v) is 4.31. The number of aromatic hydroxyl groups is 1. The van der Waals surface area contributed by atoms with E-state index in [9.17, 15) is 21.9 Å². The molecule has 0 radical (unpaired) electrons. The number of phenols is 1. The Hall–Kier alpha value is -1.68. The van der Waals surface area contributed by atoms with Gasteiger partial charge in [0.25, 0.3) is 20.2 Å².